The summed E-state index contributed by atoms with van der Waals surface area (Å²) in [5.41, 5.74) is 3.20. The summed E-state index contributed by atoms with van der Waals surface area (Å²) < 4.78 is 5.10. The van der Waals surface area contributed by atoms with Gasteiger partial charge >= 0.3 is 0 Å². The van der Waals surface area contributed by atoms with Crippen LogP contribution in [0, 0.1) is 32.1 Å². The molecule has 0 aliphatic heterocycles. The molecule has 2 rings (SSSR count). The molecule has 0 amide bonds. The topological polar surface area (TPSA) is 74.7 Å². The molecule has 0 spiro atoms. The highest BCUT2D eigenvalue weighted by molar-refractivity contribution is 5.56. The molecular weight excluding hydrogens is 228 g/mol. The third-order valence-electron chi connectivity index (χ3n) is 2.56. The molecule has 0 fully saturated rings. The van der Waals surface area contributed by atoms with E-state index in [9.17, 15) is 0 Å². The largest absolute Gasteiger partial charge is 0.362 e. The second-order valence-electron chi connectivity index (χ2n) is 4.20. The first-order valence-electron chi connectivity index (χ1n) is 5.64. The first-order chi connectivity index (χ1) is 8.60. The molecule has 0 aliphatic rings. The number of nitriles is 1. The number of hydrogen-bond acceptors (Lipinski definition) is 5. The Hall–Kier alpha value is -2.35. The predicted octanol–water partition coefficient (Wildman–Crippen LogP) is 2.48. The maximum Gasteiger partial charge on any atom is 0.156 e. The van der Waals surface area contributed by atoms with Crippen molar-refractivity contribution in [3.05, 3.63) is 40.4 Å². The van der Waals surface area contributed by atoms with Crippen molar-refractivity contribution < 1.29 is 4.52 Å². The lowest BCUT2D eigenvalue weighted by Gasteiger charge is -2.08. The summed E-state index contributed by atoms with van der Waals surface area (Å²) in [6.07, 6.45) is 0. The first kappa shape index (κ1) is 12.1. The van der Waals surface area contributed by atoms with Gasteiger partial charge in [-0.3, -0.25) is 0 Å². The number of rotatable bonds is 3. The number of aromatic nitrogens is 2. The van der Waals surface area contributed by atoms with Crippen molar-refractivity contribution in [2.24, 2.45) is 0 Å². The maximum absolute atomic E-state index is 9.13. The molecule has 0 saturated heterocycles. The highest BCUT2D eigenvalue weighted by atomic mass is 16.5. The summed E-state index contributed by atoms with van der Waals surface area (Å²) >= 11 is 0. The van der Waals surface area contributed by atoms with Gasteiger partial charge < -0.3 is 9.84 Å². The summed E-state index contributed by atoms with van der Waals surface area (Å²) in [6, 6.07) is 5.90. The van der Waals surface area contributed by atoms with Crippen LogP contribution in [0.25, 0.3) is 0 Å². The quantitative estimate of drug-likeness (QED) is 0.894. The average Bonchev–Trinajstić information content (AvgIpc) is 2.72. The Kier molecular flexibility index (Phi) is 3.28. The fraction of sp³-hybridized carbons (Fsp3) is 0.308. The number of nitrogens with one attached hydrogen (secondary N) is 1. The van der Waals surface area contributed by atoms with E-state index in [0.717, 1.165) is 22.7 Å². The van der Waals surface area contributed by atoms with Crippen LogP contribution in [0.2, 0.25) is 0 Å². The van der Waals surface area contributed by atoms with E-state index in [2.05, 4.69) is 21.5 Å². The number of hydrogen-bond donors (Lipinski definition) is 1. The number of anilines is 1. The van der Waals surface area contributed by atoms with Crippen molar-refractivity contribution >= 4 is 5.82 Å². The minimum Gasteiger partial charge on any atom is -0.362 e. The van der Waals surface area contributed by atoms with Gasteiger partial charge in [-0.25, -0.2) is 4.98 Å². The van der Waals surface area contributed by atoms with Gasteiger partial charge in [-0.15, -0.1) is 0 Å². The SMILES string of the molecule is Cc1cc(CNc2nc(C)cc(C)c2C#N)on1. The molecule has 2 heterocycles. The monoisotopic (exact) mass is 242 g/mol. The van der Waals surface area contributed by atoms with E-state index >= 15 is 0 Å². The van der Waals surface area contributed by atoms with Crippen molar-refractivity contribution in [2.45, 2.75) is 27.3 Å². The zero-order chi connectivity index (χ0) is 13.1. The normalized spacial score (nSPS) is 10.1. The van der Waals surface area contributed by atoms with Gasteiger partial charge in [0.1, 0.15) is 11.9 Å². The summed E-state index contributed by atoms with van der Waals surface area (Å²) in [7, 11) is 0. The van der Waals surface area contributed by atoms with E-state index in [1.165, 1.54) is 0 Å². The molecule has 0 radical (unpaired) electrons. The minimum absolute atomic E-state index is 0.464. The third kappa shape index (κ3) is 2.48. The molecule has 18 heavy (non-hydrogen) atoms. The molecule has 0 atom stereocenters. The molecular formula is C13H14N4O. The molecule has 5 nitrogen and oxygen atoms in total. The molecule has 0 aromatic carbocycles. The lowest BCUT2D eigenvalue weighted by molar-refractivity contribution is 0.384. The first-order valence-corrected chi connectivity index (χ1v) is 5.64. The van der Waals surface area contributed by atoms with Crippen LogP contribution in [0.15, 0.2) is 16.7 Å². The zero-order valence-corrected chi connectivity index (χ0v) is 10.6. The van der Waals surface area contributed by atoms with Crippen molar-refractivity contribution in [3.8, 4) is 6.07 Å². The minimum atomic E-state index is 0.464. The van der Waals surface area contributed by atoms with Crippen LogP contribution in [0.4, 0.5) is 5.82 Å². The molecule has 1 N–H and O–H groups in total. The second-order valence-corrected chi connectivity index (χ2v) is 4.20. The lowest BCUT2D eigenvalue weighted by atomic mass is 10.1. The van der Waals surface area contributed by atoms with Gasteiger partial charge in [0, 0.05) is 11.8 Å². The third-order valence-corrected chi connectivity index (χ3v) is 2.56. The second kappa shape index (κ2) is 4.88. The van der Waals surface area contributed by atoms with Crippen LogP contribution < -0.4 is 5.32 Å². The van der Waals surface area contributed by atoms with E-state index < -0.39 is 0 Å². The van der Waals surface area contributed by atoms with Gasteiger partial charge in [-0.2, -0.15) is 5.26 Å². The molecule has 5 heteroatoms. The van der Waals surface area contributed by atoms with Gasteiger partial charge in [0.05, 0.1) is 17.8 Å². The Labute approximate surface area is 105 Å². The average molecular weight is 242 g/mol. The standard InChI is InChI=1S/C13H14N4O/c1-8-4-9(2)16-13(12(8)6-14)15-7-11-5-10(3)17-18-11/h4-5H,7H2,1-3H3,(H,15,16). The summed E-state index contributed by atoms with van der Waals surface area (Å²) in [5.74, 6) is 1.31. The van der Waals surface area contributed by atoms with Gasteiger partial charge in [-0.1, -0.05) is 5.16 Å². The van der Waals surface area contributed by atoms with Crippen LogP contribution >= 0.6 is 0 Å². The Morgan fingerprint density at radius 2 is 2.06 bits per heavy atom. The fourth-order valence-corrected chi connectivity index (χ4v) is 1.78. The van der Waals surface area contributed by atoms with Gasteiger partial charge in [0.25, 0.3) is 0 Å². The Bertz CT molecular complexity index is 610. The number of nitrogens with zero attached hydrogens (tertiary/aromatic N) is 3. The highest BCUT2D eigenvalue weighted by Crippen LogP contribution is 2.18. The molecule has 0 bridgehead atoms. The fourth-order valence-electron chi connectivity index (χ4n) is 1.78. The van der Waals surface area contributed by atoms with Crippen LogP contribution in [0.5, 0.6) is 0 Å². The number of pyridine rings is 1. The molecule has 0 saturated carbocycles. The van der Waals surface area contributed by atoms with Gasteiger partial charge in [-0.05, 0) is 32.4 Å². The molecule has 0 unspecified atom stereocenters. The van der Waals surface area contributed by atoms with Crippen molar-refractivity contribution in [2.75, 3.05) is 5.32 Å². The highest BCUT2D eigenvalue weighted by Gasteiger charge is 2.09. The van der Waals surface area contributed by atoms with Crippen LogP contribution in [-0.4, -0.2) is 10.1 Å². The lowest BCUT2D eigenvalue weighted by Crippen LogP contribution is -2.05. The maximum atomic E-state index is 9.13. The van der Waals surface area contributed by atoms with Crippen LogP contribution in [0.1, 0.15) is 28.3 Å². The van der Waals surface area contributed by atoms with E-state index in [0.29, 0.717) is 17.9 Å². The van der Waals surface area contributed by atoms with E-state index in [4.69, 9.17) is 9.78 Å². The Morgan fingerprint density at radius 3 is 2.67 bits per heavy atom. The van der Waals surface area contributed by atoms with Crippen LogP contribution in [0.3, 0.4) is 0 Å². The van der Waals surface area contributed by atoms with E-state index in [1.54, 1.807) is 0 Å². The molecule has 0 aliphatic carbocycles. The molecule has 2 aromatic rings. The summed E-state index contributed by atoms with van der Waals surface area (Å²) in [5, 5.41) is 16.0. The summed E-state index contributed by atoms with van der Waals surface area (Å²) in [4.78, 5) is 4.33. The van der Waals surface area contributed by atoms with E-state index in [-0.39, 0.29) is 0 Å². The predicted molar refractivity (Wildman–Crippen MR) is 67.0 cm³/mol. The van der Waals surface area contributed by atoms with Gasteiger partial charge in [0.15, 0.2) is 5.76 Å². The Morgan fingerprint density at radius 1 is 1.28 bits per heavy atom. The van der Waals surface area contributed by atoms with E-state index in [1.807, 2.05) is 32.9 Å². The van der Waals surface area contributed by atoms with Crippen molar-refractivity contribution in [3.63, 3.8) is 0 Å². The number of aryl methyl sites for hydroxylation is 3. The molecule has 2 aromatic heterocycles. The smallest absolute Gasteiger partial charge is 0.156 e. The van der Waals surface area contributed by atoms with Crippen molar-refractivity contribution in [1.82, 2.24) is 10.1 Å². The van der Waals surface area contributed by atoms with Crippen molar-refractivity contribution in [1.29, 1.82) is 5.26 Å². The zero-order valence-electron chi connectivity index (χ0n) is 10.6. The van der Waals surface area contributed by atoms with Gasteiger partial charge in [0.2, 0.25) is 0 Å². The molecule has 92 valence electrons. The Balaban J connectivity index is 2.21. The summed E-state index contributed by atoms with van der Waals surface area (Å²) in [6.45, 7) is 6.13. The van der Waals surface area contributed by atoms with Crippen LogP contribution in [-0.2, 0) is 6.54 Å².